The molecule has 0 amide bonds. The number of carbonyl (C=O) groups excluding carboxylic acids is 3. The molecule has 0 spiro atoms. The summed E-state index contributed by atoms with van der Waals surface area (Å²) in [5, 5.41) is 0. The van der Waals surface area contributed by atoms with Crippen LogP contribution in [-0.2, 0) is 28.6 Å². The summed E-state index contributed by atoms with van der Waals surface area (Å²) in [7, 11) is 0. The van der Waals surface area contributed by atoms with Crippen LogP contribution >= 0.6 is 0 Å². The van der Waals surface area contributed by atoms with E-state index in [1.165, 1.54) is 89.9 Å². The molecule has 0 fully saturated rings. The summed E-state index contributed by atoms with van der Waals surface area (Å²) in [6.07, 6.45) is 81.7. The lowest BCUT2D eigenvalue weighted by molar-refractivity contribution is -0.167. The van der Waals surface area contributed by atoms with Crippen LogP contribution < -0.4 is 0 Å². The second-order valence-corrected chi connectivity index (χ2v) is 18.5. The molecule has 0 rings (SSSR count). The summed E-state index contributed by atoms with van der Waals surface area (Å²) in [6, 6.07) is 0. The zero-order valence-corrected chi connectivity index (χ0v) is 45.7. The molecule has 0 saturated heterocycles. The minimum Gasteiger partial charge on any atom is -0.462 e. The Labute approximate surface area is 436 Å². The van der Waals surface area contributed by atoms with Gasteiger partial charge < -0.3 is 14.2 Å². The molecular formula is C65H104O6. The second kappa shape index (κ2) is 58.1. The van der Waals surface area contributed by atoms with Crippen molar-refractivity contribution in [2.24, 2.45) is 0 Å². The van der Waals surface area contributed by atoms with Gasteiger partial charge >= 0.3 is 17.9 Å². The number of allylic oxidation sites excluding steroid dienone is 22. The lowest BCUT2D eigenvalue weighted by Gasteiger charge is -2.18. The molecule has 400 valence electrons. The zero-order valence-electron chi connectivity index (χ0n) is 45.7. The van der Waals surface area contributed by atoms with Gasteiger partial charge in [0, 0.05) is 19.3 Å². The molecule has 0 aliphatic heterocycles. The minimum atomic E-state index is -0.842. The highest BCUT2D eigenvalue weighted by Gasteiger charge is 2.19. The topological polar surface area (TPSA) is 78.9 Å². The van der Waals surface area contributed by atoms with Gasteiger partial charge in [0.1, 0.15) is 13.2 Å². The van der Waals surface area contributed by atoms with Gasteiger partial charge in [0.2, 0.25) is 0 Å². The van der Waals surface area contributed by atoms with Gasteiger partial charge in [-0.05, 0) is 128 Å². The van der Waals surface area contributed by atoms with E-state index in [-0.39, 0.29) is 50.4 Å². The van der Waals surface area contributed by atoms with E-state index in [4.69, 9.17) is 14.2 Å². The number of hydrogen-bond acceptors (Lipinski definition) is 6. The molecule has 0 aliphatic carbocycles. The summed E-state index contributed by atoms with van der Waals surface area (Å²) in [5.41, 5.74) is 0. The van der Waals surface area contributed by atoms with E-state index in [0.29, 0.717) is 19.3 Å². The molecule has 6 nitrogen and oxygen atoms in total. The first-order valence-electron chi connectivity index (χ1n) is 28.7. The highest BCUT2D eigenvalue weighted by molar-refractivity contribution is 5.71. The summed E-state index contributed by atoms with van der Waals surface area (Å²) in [5.74, 6) is -1.08. The van der Waals surface area contributed by atoms with Gasteiger partial charge in [0.05, 0.1) is 0 Å². The maximum Gasteiger partial charge on any atom is 0.306 e. The smallest absolute Gasteiger partial charge is 0.306 e. The molecule has 0 saturated carbocycles. The number of hydrogen-bond donors (Lipinski definition) is 0. The Kier molecular flexibility index (Phi) is 54.5. The summed E-state index contributed by atoms with van der Waals surface area (Å²) in [4.78, 5) is 38.1. The predicted molar refractivity (Wildman–Crippen MR) is 306 cm³/mol. The fourth-order valence-corrected chi connectivity index (χ4v) is 7.32. The largest absolute Gasteiger partial charge is 0.462 e. The van der Waals surface area contributed by atoms with Crippen molar-refractivity contribution in [3.05, 3.63) is 134 Å². The first-order chi connectivity index (χ1) is 35.0. The second-order valence-electron chi connectivity index (χ2n) is 18.5. The van der Waals surface area contributed by atoms with Crippen molar-refractivity contribution >= 4 is 17.9 Å². The van der Waals surface area contributed by atoms with Crippen molar-refractivity contribution in [3.63, 3.8) is 0 Å². The van der Waals surface area contributed by atoms with Crippen molar-refractivity contribution in [1.82, 2.24) is 0 Å². The SMILES string of the molecule is CC/C=C\C/C=C\C/C=C\C/C=C\C/C=C\CCCCCC(=O)OC(COC(=O)CCC/C=C\C/C=C\C/C=C\CCCCCCCC)COC(=O)CCC/C=C\C/C=C\C/C=C\CCCCCCCC. The molecule has 0 bridgehead atoms. The summed E-state index contributed by atoms with van der Waals surface area (Å²) >= 11 is 0. The molecule has 0 aromatic heterocycles. The van der Waals surface area contributed by atoms with E-state index < -0.39 is 6.10 Å². The maximum atomic E-state index is 12.9. The highest BCUT2D eigenvalue weighted by atomic mass is 16.6. The van der Waals surface area contributed by atoms with Crippen molar-refractivity contribution < 1.29 is 28.6 Å². The van der Waals surface area contributed by atoms with E-state index in [9.17, 15) is 14.4 Å². The van der Waals surface area contributed by atoms with Gasteiger partial charge in [-0.15, -0.1) is 0 Å². The fourth-order valence-electron chi connectivity index (χ4n) is 7.32. The number of ether oxygens (including phenoxy) is 3. The lowest BCUT2D eigenvalue weighted by Crippen LogP contribution is -2.30. The number of esters is 3. The first kappa shape index (κ1) is 66.6. The van der Waals surface area contributed by atoms with Gasteiger partial charge in [-0.2, -0.15) is 0 Å². The number of unbranched alkanes of at least 4 members (excludes halogenated alkanes) is 17. The van der Waals surface area contributed by atoms with Crippen LogP contribution in [0.4, 0.5) is 0 Å². The molecule has 0 aliphatic rings. The molecule has 0 radical (unpaired) electrons. The van der Waals surface area contributed by atoms with Crippen LogP contribution in [0.5, 0.6) is 0 Å². The van der Waals surface area contributed by atoms with Crippen LogP contribution in [0, 0.1) is 0 Å². The van der Waals surface area contributed by atoms with Crippen molar-refractivity contribution in [2.45, 2.75) is 245 Å². The minimum absolute atomic E-state index is 0.138. The van der Waals surface area contributed by atoms with Crippen LogP contribution in [-0.4, -0.2) is 37.2 Å². The van der Waals surface area contributed by atoms with Gasteiger partial charge in [-0.3, -0.25) is 14.4 Å². The van der Waals surface area contributed by atoms with E-state index in [1.54, 1.807) is 0 Å². The normalized spacial score (nSPS) is 12.7. The fraction of sp³-hybridized carbons (Fsp3) is 0.615. The third-order valence-corrected chi connectivity index (χ3v) is 11.6. The molecule has 71 heavy (non-hydrogen) atoms. The van der Waals surface area contributed by atoms with Crippen molar-refractivity contribution in [2.75, 3.05) is 13.2 Å². The van der Waals surface area contributed by atoms with Gasteiger partial charge in [0.15, 0.2) is 6.10 Å². The van der Waals surface area contributed by atoms with Crippen LogP contribution in [0.15, 0.2) is 134 Å². The third kappa shape index (κ3) is 56.3. The summed E-state index contributed by atoms with van der Waals surface area (Å²) in [6.45, 7) is 6.39. The molecular weight excluding hydrogens is 877 g/mol. The Morgan fingerprint density at radius 2 is 0.563 bits per heavy atom. The van der Waals surface area contributed by atoms with E-state index in [0.717, 1.165) is 89.9 Å². The Morgan fingerprint density at radius 1 is 0.296 bits per heavy atom. The molecule has 0 N–H and O–H groups in total. The first-order valence-corrected chi connectivity index (χ1v) is 28.7. The van der Waals surface area contributed by atoms with Gasteiger partial charge in [-0.25, -0.2) is 0 Å². The Bertz CT molecular complexity index is 1480. The molecule has 0 atom stereocenters. The molecule has 6 heteroatoms. The van der Waals surface area contributed by atoms with Crippen LogP contribution in [0.2, 0.25) is 0 Å². The Balaban J connectivity index is 4.62. The predicted octanol–water partition coefficient (Wildman–Crippen LogP) is 19.4. The highest BCUT2D eigenvalue weighted by Crippen LogP contribution is 2.12. The Morgan fingerprint density at radius 3 is 0.901 bits per heavy atom. The molecule has 0 aromatic carbocycles. The van der Waals surface area contributed by atoms with Gasteiger partial charge in [-0.1, -0.05) is 225 Å². The molecule has 0 unspecified atom stereocenters. The van der Waals surface area contributed by atoms with Gasteiger partial charge in [0.25, 0.3) is 0 Å². The zero-order chi connectivity index (χ0) is 51.4. The average molecular weight is 982 g/mol. The standard InChI is InChI=1S/C65H104O6/c1-4-7-10-13-16-19-22-25-28-31-32-35-38-41-44-47-50-53-56-59-65(68)71-62(60-69-63(66)57-54-51-48-45-42-39-36-33-29-26-23-20-17-14-11-8-5-2)61-70-64(67)58-55-52-49-46-43-40-37-34-30-27-24-21-18-15-12-9-6-3/h7,10,16,19,25-30,32,35-37,39-41,44-46,48-49,62H,4-6,8-9,11-15,17-18,20-24,31,33-34,38,42-43,47,50-61H2,1-3H3/b10-7-,19-16-,28-25-,29-26-,30-27-,35-32-,39-36-,40-37-,44-41-,48-45-,49-46-. The van der Waals surface area contributed by atoms with E-state index >= 15 is 0 Å². The van der Waals surface area contributed by atoms with Crippen LogP contribution in [0.1, 0.15) is 239 Å². The Hall–Kier alpha value is -4.45. The molecule has 0 heterocycles. The van der Waals surface area contributed by atoms with Crippen molar-refractivity contribution in [3.8, 4) is 0 Å². The quantitative estimate of drug-likeness (QED) is 0.0262. The molecule has 0 aromatic rings. The average Bonchev–Trinajstić information content (AvgIpc) is 3.37. The number of rotatable bonds is 50. The van der Waals surface area contributed by atoms with E-state index in [1.807, 2.05) is 0 Å². The van der Waals surface area contributed by atoms with Crippen LogP contribution in [0.3, 0.4) is 0 Å². The third-order valence-electron chi connectivity index (χ3n) is 11.6. The monoisotopic (exact) mass is 981 g/mol. The van der Waals surface area contributed by atoms with Crippen LogP contribution in [0.25, 0.3) is 0 Å². The number of carbonyl (C=O) groups is 3. The van der Waals surface area contributed by atoms with Crippen molar-refractivity contribution in [1.29, 1.82) is 0 Å². The lowest BCUT2D eigenvalue weighted by atomic mass is 10.1. The van der Waals surface area contributed by atoms with E-state index in [2.05, 4.69) is 154 Å². The summed E-state index contributed by atoms with van der Waals surface area (Å²) < 4.78 is 16.7. The maximum absolute atomic E-state index is 12.9.